The number of aromatic nitrogens is 2. The number of imidazole rings is 1. The number of amides is 1. The van der Waals surface area contributed by atoms with Gasteiger partial charge in [-0.15, -0.1) is 0 Å². The fourth-order valence-electron chi connectivity index (χ4n) is 6.59. The van der Waals surface area contributed by atoms with E-state index < -0.39 is 0 Å². The number of quaternary nitrogens is 1. The van der Waals surface area contributed by atoms with Crippen LogP contribution in [-0.2, 0) is 13.0 Å². The van der Waals surface area contributed by atoms with E-state index in [0.717, 1.165) is 68.5 Å². The minimum Gasteiger partial charge on any atom is -0.326 e. The number of benzene rings is 3. The van der Waals surface area contributed by atoms with Crippen LogP contribution in [0.1, 0.15) is 46.3 Å². The van der Waals surface area contributed by atoms with Crippen LogP contribution in [0.4, 0.5) is 0 Å². The van der Waals surface area contributed by atoms with Gasteiger partial charge in [-0.05, 0) is 47.9 Å². The van der Waals surface area contributed by atoms with Gasteiger partial charge in [-0.2, -0.15) is 0 Å². The summed E-state index contributed by atoms with van der Waals surface area (Å²) >= 11 is 0. The Hall–Kier alpha value is -3.28. The van der Waals surface area contributed by atoms with E-state index in [4.69, 9.17) is 0 Å². The quantitative estimate of drug-likeness (QED) is 0.391. The molecule has 3 aromatic carbocycles. The van der Waals surface area contributed by atoms with E-state index in [9.17, 15) is 4.79 Å². The second-order valence-electron chi connectivity index (χ2n) is 10.7. The van der Waals surface area contributed by atoms with Crippen molar-refractivity contribution in [3.63, 3.8) is 0 Å². The average molecular weight is 480 g/mol. The first-order valence-electron chi connectivity index (χ1n) is 13.3. The third kappa shape index (κ3) is 4.16. The molecule has 0 radical (unpaired) electrons. The van der Waals surface area contributed by atoms with Crippen molar-refractivity contribution >= 4 is 16.9 Å². The van der Waals surface area contributed by atoms with Crippen LogP contribution < -0.4 is 5.32 Å². The highest BCUT2D eigenvalue weighted by Gasteiger charge is 2.53. The first kappa shape index (κ1) is 23.1. The van der Waals surface area contributed by atoms with Gasteiger partial charge in [0, 0.05) is 45.3 Å². The molecule has 1 N–H and O–H groups in total. The molecule has 2 aliphatic rings. The van der Waals surface area contributed by atoms with E-state index in [-0.39, 0.29) is 0 Å². The van der Waals surface area contributed by atoms with Crippen molar-refractivity contribution in [3.8, 4) is 0 Å². The van der Waals surface area contributed by atoms with Crippen LogP contribution in [-0.4, -0.2) is 51.7 Å². The number of hydrogen-bond acceptors (Lipinski definition) is 3. The largest absolute Gasteiger partial charge is 0.346 e. The van der Waals surface area contributed by atoms with Crippen molar-refractivity contribution in [2.75, 3.05) is 19.6 Å². The molecule has 5 nitrogen and oxygen atoms in total. The fourth-order valence-corrected chi connectivity index (χ4v) is 6.59. The number of nitrogens with one attached hydrogen (secondary N) is 1. The number of fused-ring (bicyclic) bond motifs is 1. The SMILES string of the molecule is Cc1ccc2c(c1)ncn2Cc1ccc(C(=O)[N+]2(C3CCNC3)CCCC2Cc2ccccc2)cc1. The fraction of sp³-hybridized carbons (Fsp3) is 0.355. The molecule has 3 atom stereocenters. The monoisotopic (exact) mass is 479 g/mol. The van der Waals surface area contributed by atoms with Crippen LogP contribution in [0, 0.1) is 6.92 Å². The second kappa shape index (κ2) is 9.64. The maximum Gasteiger partial charge on any atom is 0.346 e. The number of aryl methyl sites for hydroxylation is 1. The van der Waals surface area contributed by atoms with E-state index in [1.54, 1.807) is 0 Å². The normalized spacial score (nSPS) is 23.9. The van der Waals surface area contributed by atoms with Crippen LogP contribution in [0.15, 0.2) is 79.1 Å². The Labute approximate surface area is 213 Å². The predicted octanol–water partition coefficient (Wildman–Crippen LogP) is 5.12. The third-order valence-corrected chi connectivity index (χ3v) is 8.43. The first-order chi connectivity index (χ1) is 17.6. The maximum atomic E-state index is 14.3. The van der Waals surface area contributed by atoms with Crippen LogP contribution in [0.25, 0.3) is 11.0 Å². The lowest BCUT2D eigenvalue weighted by atomic mass is 9.97. The van der Waals surface area contributed by atoms with Crippen molar-refractivity contribution in [2.24, 2.45) is 0 Å². The summed E-state index contributed by atoms with van der Waals surface area (Å²) in [4.78, 5) is 18.9. The molecule has 0 aliphatic carbocycles. The molecule has 2 saturated heterocycles. The first-order valence-corrected chi connectivity index (χ1v) is 13.3. The average Bonchev–Trinajstić information content (AvgIpc) is 3.66. The highest BCUT2D eigenvalue weighted by molar-refractivity contribution is 5.89. The minimum atomic E-state index is 0.303. The molecule has 3 heterocycles. The number of nitrogens with zero attached hydrogens (tertiary/aromatic N) is 3. The highest BCUT2D eigenvalue weighted by atomic mass is 16.2. The molecule has 0 spiro atoms. The molecular formula is C31H35N4O+. The van der Waals surface area contributed by atoms with Gasteiger partial charge in [0.05, 0.1) is 29.5 Å². The number of carbonyl (C=O) groups is 1. The molecule has 184 valence electrons. The van der Waals surface area contributed by atoms with E-state index in [2.05, 4.69) is 94.6 Å². The molecule has 6 rings (SSSR count). The Morgan fingerprint density at radius 1 is 1.03 bits per heavy atom. The van der Waals surface area contributed by atoms with Gasteiger partial charge in [-0.25, -0.2) is 14.3 Å². The summed E-state index contributed by atoms with van der Waals surface area (Å²) in [6.45, 7) is 5.73. The Morgan fingerprint density at radius 2 is 1.86 bits per heavy atom. The number of rotatable bonds is 6. The Balaban J connectivity index is 1.27. The second-order valence-corrected chi connectivity index (χ2v) is 10.7. The molecule has 0 saturated carbocycles. The summed E-state index contributed by atoms with van der Waals surface area (Å²) in [6, 6.07) is 26.2. The summed E-state index contributed by atoms with van der Waals surface area (Å²) in [7, 11) is 0. The highest BCUT2D eigenvalue weighted by Crippen LogP contribution is 2.37. The Morgan fingerprint density at radius 3 is 2.64 bits per heavy atom. The zero-order valence-corrected chi connectivity index (χ0v) is 21.1. The smallest absolute Gasteiger partial charge is 0.326 e. The van der Waals surface area contributed by atoms with Gasteiger partial charge in [-0.3, -0.25) is 0 Å². The molecule has 36 heavy (non-hydrogen) atoms. The number of likely N-dealkylation sites (tertiary alicyclic amines) is 1. The summed E-state index contributed by atoms with van der Waals surface area (Å²) in [5, 5.41) is 3.54. The van der Waals surface area contributed by atoms with Gasteiger partial charge in [0.25, 0.3) is 0 Å². The van der Waals surface area contributed by atoms with Gasteiger partial charge in [0.15, 0.2) is 0 Å². The predicted molar refractivity (Wildman–Crippen MR) is 144 cm³/mol. The summed E-state index contributed by atoms with van der Waals surface area (Å²) in [5.41, 5.74) is 6.75. The van der Waals surface area contributed by atoms with Gasteiger partial charge in [0.1, 0.15) is 12.1 Å². The van der Waals surface area contributed by atoms with Gasteiger partial charge in [0.2, 0.25) is 0 Å². The van der Waals surface area contributed by atoms with Crippen molar-refractivity contribution in [1.29, 1.82) is 0 Å². The molecule has 2 fully saturated rings. The molecule has 1 amide bonds. The number of hydrogen-bond donors (Lipinski definition) is 1. The zero-order chi connectivity index (χ0) is 24.5. The maximum absolute atomic E-state index is 14.3. The van der Waals surface area contributed by atoms with Gasteiger partial charge in [-0.1, -0.05) is 48.5 Å². The Bertz CT molecular complexity index is 1350. The summed E-state index contributed by atoms with van der Waals surface area (Å²) < 4.78 is 2.78. The minimum absolute atomic E-state index is 0.303. The molecule has 0 bridgehead atoms. The van der Waals surface area contributed by atoms with E-state index in [1.165, 1.54) is 16.7 Å². The summed E-state index contributed by atoms with van der Waals surface area (Å²) in [6.07, 6.45) is 6.18. The molecule has 3 unspecified atom stereocenters. The van der Waals surface area contributed by atoms with Crippen LogP contribution >= 0.6 is 0 Å². The van der Waals surface area contributed by atoms with Gasteiger partial charge < -0.3 is 9.88 Å². The topological polar surface area (TPSA) is 46.9 Å². The lowest BCUT2D eigenvalue weighted by Crippen LogP contribution is -2.63. The molecular weight excluding hydrogens is 444 g/mol. The van der Waals surface area contributed by atoms with E-state index >= 15 is 0 Å². The van der Waals surface area contributed by atoms with Crippen LogP contribution in [0.2, 0.25) is 0 Å². The zero-order valence-electron chi connectivity index (χ0n) is 21.1. The molecule has 1 aromatic heterocycles. The number of carbonyl (C=O) groups excluding carboxylic acids is 1. The lowest BCUT2D eigenvalue weighted by molar-refractivity contribution is -0.883. The molecule has 4 aromatic rings. The lowest BCUT2D eigenvalue weighted by Gasteiger charge is -2.42. The van der Waals surface area contributed by atoms with Crippen molar-refractivity contribution in [1.82, 2.24) is 14.9 Å². The van der Waals surface area contributed by atoms with Crippen LogP contribution in [0.5, 0.6) is 0 Å². The summed E-state index contributed by atoms with van der Waals surface area (Å²) in [5.74, 6) is 0.303. The van der Waals surface area contributed by atoms with Gasteiger partial charge >= 0.3 is 5.91 Å². The molecule has 5 heteroatoms. The third-order valence-electron chi connectivity index (χ3n) is 8.43. The van der Waals surface area contributed by atoms with Crippen molar-refractivity contribution < 1.29 is 9.28 Å². The molecule has 2 aliphatic heterocycles. The van der Waals surface area contributed by atoms with Crippen molar-refractivity contribution in [2.45, 2.75) is 51.2 Å². The van der Waals surface area contributed by atoms with Crippen LogP contribution in [0.3, 0.4) is 0 Å². The standard InChI is InChI=1S/C31H35N4O/c1-23-9-14-30-29(18-23)33-22-34(30)21-25-10-12-26(13-11-25)31(36)35(28-15-16-32-20-28)17-5-8-27(35)19-24-6-3-2-4-7-24/h2-4,6-7,9-14,18,22,27-28,32H,5,8,15-17,19-21H2,1H3/q+1. The van der Waals surface area contributed by atoms with E-state index in [0.29, 0.717) is 22.5 Å². The van der Waals surface area contributed by atoms with E-state index in [1.807, 2.05) is 6.33 Å². The van der Waals surface area contributed by atoms with Crippen molar-refractivity contribution in [3.05, 3.63) is 101 Å². The Kier molecular flexibility index (Phi) is 6.20.